The molecular formula is C24H31N3O3S. The predicted molar refractivity (Wildman–Crippen MR) is 123 cm³/mol. The van der Waals surface area contributed by atoms with Crippen molar-refractivity contribution in [3.8, 4) is 0 Å². The normalized spacial score (nSPS) is 18.3. The van der Waals surface area contributed by atoms with Gasteiger partial charge >= 0.3 is 0 Å². The number of benzene rings is 2. The molecule has 2 saturated heterocycles. The zero-order valence-electron chi connectivity index (χ0n) is 17.9. The molecular weight excluding hydrogens is 410 g/mol. The first kappa shape index (κ1) is 21.8. The standard InChI is InChI=1S/C24H31N3O3S/c28-24(25-15-12-20-6-2-1-3-7-20)21-13-18-27(19-14-21)31(29,30)23-10-8-22(9-11-23)26-16-4-5-17-26/h1-3,6-11,21H,4-5,12-19H2,(H,25,28). The molecule has 0 unspecified atom stereocenters. The first-order chi connectivity index (χ1) is 15.0. The number of nitrogens with one attached hydrogen (secondary N) is 1. The largest absolute Gasteiger partial charge is 0.372 e. The number of anilines is 1. The van der Waals surface area contributed by atoms with E-state index in [9.17, 15) is 13.2 Å². The number of carbonyl (C=O) groups excluding carboxylic acids is 1. The molecule has 0 bridgehead atoms. The summed E-state index contributed by atoms with van der Waals surface area (Å²) >= 11 is 0. The highest BCUT2D eigenvalue weighted by molar-refractivity contribution is 7.89. The maximum atomic E-state index is 13.0. The maximum Gasteiger partial charge on any atom is 0.243 e. The van der Waals surface area contributed by atoms with Crippen molar-refractivity contribution in [3.05, 3.63) is 60.2 Å². The highest BCUT2D eigenvalue weighted by Crippen LogP contribution is 2.26. The van der Waals surface area contributed by atoms with Gasteiger partial charge in [-0.15, -0.1) is 0 Å². The van der Waals surface area contributed by atoms with Crippen LogP contribution in [0.1, 0.15) is 31.2 Å². The molecule has 2 aliphatic heterocycles. The Morgan fingerprint density at radius 2 is 1.55 bits per heavy atom. The predicted octanol–water partition coefficient (Wildman–Crippen LogP) is 3.05. The summed E-state index contributed by atoms with van der Waals surface area (Å²) in [4.78, 5) is 15.1. The average molecular weight is 442 g/mol. The summed E-state index contributed by atoms with van der Waals surface area (Å²) in [6.07, 6.45) is 4.29. The molecule has 0 atom stereocenters. The lowest BCUT2D eigenvalue weighted by molar-refractivity contribution is -0.126. The van der Waals surface area contributed by atoms with Crippen LogP contribution >= 0.6 is 0 Å². The second-order valence-corrected chi connectivity index (χ2v) is 10.3. The Kier molecular flexibility index (Phi) is 6.92. The van der Waals surface area contributed by atoms with E-state index in [1.807, 2.05) is 42.5 Å². The number of carbonyl (C=O) groups is 1. The monoisotopic (exact) mass is 441 g/mol. The fraction of sp³-hybridized carbons (Fsp3) is 0.458. The van der Waals surface area contributed by atoms with Crippen LogP contribution in [0.15, 0.2) is 59.5 Å². The minimum absolute atomic E-state index is 0.0305. The van der Waals surface area contributed by atoms with Gasteiger partial charge in [0.25, 0.3) is 0 Å². The Bertz CT molecular complexity index is 963. The summed E-state index contributed by atoms with van der Waals surface area (Å²) in [5, 5.41) is 3.01. The molecule has 2 heterocycles. The third kappa shape index (κ3) is 5.28. The lowest BCUT2D eigenvalue weighted by atomic mass is 9.97. The molecule has 2 fully saturated rings. The number of rotatable bonds is 7. The Morgan fingerprint density at radius 1 is 0.903 bits per heavy atom. The van der Waals surface area contributed by atoms with Crippen LogP contribution in [0.4, 0.5) is 5.69 Å². The first-order valence-corrected chi connectivity index (χ1v) is 12.6. The third-order valence-corrected chi connectivity index (χ3v) is 8.24. The lowest BCUT2D eigenvalue weighted by Gasteiger charge is -2.30. The minimum Gasteiger partial charge on any atom is -0.372 e. The van der Waals surface area contributed by atoms with Crippen molar-refractivity contribution in [2.75, 3.05) is 37.6 Å². The van der Waals surface area contributed by atoms with E-state index < -0.39 is 10.0 Å². The Labute approximate surface area is 185 Å². The molecule has 4 rings (SSSR count). The van der Waals surface area contributed by atoms with Crippen molar-refractivity contribution < 1.29 is 13.2 Å². The summed E-state index contributed by atoms with van der Waals surface area (Å²) in [5.41, 5.74) is 2.28. The highest BCUT2D eigenvalue weighted by Gasteiger charge is 2.32. The fourth-order valence-electron chi connectivity index (χ4n) is 4.43. The van der Waals surface area contributed by atoms with Gasteiger partial charge in [-0.05, 0) is 61.9 Å². The number of piperidine rings is 1. The molecule has 31 heavy (non-hydrogen) atoms. The Morgan fingerprint density at radius 3 is 2.19 bits per heavy atom. The summed E-state index contributed by atoms with van der Waals surface area (Å²) in [6, 6.07) is 17.3. The van der Waals surface area contributed by atoms with Crippen LogP contribution in [0.2, 0.25) is 0 Å². The molecule has 0 spiro atoms. The van der Waals surface area contributed by atoms with Gasteiger partial charge in [0.2, 0.25) is 15.9 Å². The van der Waals surface area contributed by atoms with Gasteiger partial charge in [-0.3, -0.25) is 4.79 Å². The van der Waals surface area contributed by atoms with Crippen molar-refractivity contribution in [1.29, 1.82) is 0 Å². The number of sulfonamides is 1. The molecule has 6 nitrogen and oxygen atoms in total. The maximum absolute atomic E-state index is 13.0. The van der Waals surface area contributed by atoms with Gasteiger partial charge in [0, 0.05) is 44.3 Å². The van der Waals surface area contributed by atoms with Crippen LogP contribution in [0, 0.1) is 5.92 Å². The molecule has 0 radical (unpaired) electrons. The van der Waals surface area contributed by atoms with Crippen molar-refractivity contribution >= 4 is 21.6 Å². The number of hydrogen-bond acceptors (Lipinski definition) is 4. The van der Waals surface area contributed by atoms with Crippen LogP contribution in [0.3, 0.4) is 0 Å². The molecule has 0 aliphatic carbocycles. The Hall–Kier alpha value is -2.38. The van der Waals surface area contributed by atoms with Crippen molar-refractivity contribution in [3.63, 3.8) is 0 Å². The van der Waals surface area contributed by atoms with Gasteiger partial charge in [-0.2, -0.15) is 4.31 Å². The zero-order valence-corrected chi connectivity index (χ0v) is 18.7. The zero-order chi connectivity index (χ0) is 21.7. The van der Waals surface area contributed by atoms with E-state index in [4.69, 9.17) is 0 Å². The van der Waals surface area contributed by atoms with E-state index in [2.05, 4.69) is 10.2 Å². The van der Waals surface area contributed by atoms with Crippen LogP contribution in [0.5, 0.6) is 0 Å². The SMILES string of the molecule is O=C(NCCc1ccccc1)C1CCN(S(=O)(=O)c2ccc(N3CCCC3)cc2)CC1. The van der Waals surface area contributed by atoms with Crippen LogP contribution < -0.4 is 10.2 Å². The quantitative estimate of drug-likeness (QED) is 0.717. The topological polar surface area (TPSA) is 69.7 Å². The molecule has 1 amide bonds. The van der Waals surface area contributed by atoms with Crippen LogP contribution in [0.25, 0.3) is 0 Å². The van der Waals surface area contributed by atoms with E-state index >= 15 is 0 Å². The molecule has 166 valence electrons. The number of amides is 1. The molecule has 7 heteroatoms. The summed E-state index contributed by atoms with van der Waals surface area (Å²) in [6.45, 7) is 3.44. The van der Waals surface area contributed by atoms with Crippen molar-refractivity contribution in [2.45, 2.75) is 37.0 Å². The first-order valence-electron chi connectivity index (χ1n) is 11.2. The second-order valence-electron chi connectivity index (χ2n) is 8.39. The van der Waals surface area contributed by atoms with Gasteiger partial charge < -0.3 is 10.2 Å². The van der Waals surface area contributed by atoms with Gasteiger partial charge in [-0.25, -0.2) is 8.42 Å². The van der Waals surface area contributed by atoms with Crippen LogP contribution in [-0.2, 0) is 21.2 Å². The molecule has 0 saturated carbocycles. The number of nitrogens with zero attached hydrogens (tertiary/aromatic N) is 2. The van der Waals surface area contributed by atoms with Gasteiger partial charge in [-0.1, -0.05) is 30.3 Å². The number of hydrogen-bond donors (Lipinski definition) is 1. The molecule has 2 aromatic rings. The van der Waals surface area contributed by atoms with Gasteiger partial charge in [0.15, 0.2) is 0 Å². The molecule has 0 aromatic heterocycles. The molecule has 1 N–H and O–H groups in total. The summed E-state index contributed by atoms with van der Waals surface area (Å²) in [5.74, 6) is -0.0947. The van der Waals surface area contributed by atoms with E-state index in [1.54, 1.807) is 12.1 Å². The fourth-order valence-corrected chi connectivity index (χ4v) is 5.90. The average Bonchev–Trinajstić information content (AvgIpc) is 3.35. The van der Waals surface area contributed by atoms with E-state index in [0.717, 1.165) is 25.2 Å². The summed E-state index contributed by atoms with van der Waals surface area (Å²) in [7, 11) is -3.52. The highest BCUT2D eigenvalue weighted by atomic mass is 32.2. The van der Waals surface area contributed by atoms with Crippen molar-refractivity contribution in [1.82, 2.24) is 9.62 Å². The minimum atomic E-state index is -3.52. The lowest BCUT2D eigenvalue weighted by Crippen LogP contribution is -2.43. The third-order valence-electron chi connectivity index (χ3n) is 6.33. The smallest absolute Gasteiger partial charge is 0.243 e. The van der Waals surface area contributed by atoms with Crippen LogP contribution in [-0.4, -0.2) is 51.4 Å². The van der Waals surface area contributed by atoms with E-state index in [-0.39, 0.29) is 11.8 Å². The van der Waals surface area contributed by atoms with Gasteiger partial charge in [0.05, 0.1) is 4.90 Å². The second kappa shape index (κ2) is 9.83. The molecule has 2 aliphatic rings. The van der Waals surface area contributed by atoms with Crippen molar-refractivity contribution in [2.24, 2.45) is 5.92 Å². The van der Waals surface area contributed by atoms with E-state index in [0.29, 0.717) is 37.4 Å². The molecule has 2 aromatic carbocycles. The van der Waals surface area contributed by atoms with Gasteiger partial charge in [0.1, 0.15) is 0 Å². The van der Waals surface area contributed by atoms with E-state index in [1.165, 1.54) is 22.7 Å². The summed E-state index contributed by atoms with van der Waals surface area (Å²) < 4.78 is 27.6. The Balaban J connectivity index is 1.27.